The molecule has 0 aliphatic carbocycles. The van der Waals surface area contributed by atoms with E-state index >= 15 is 0 Å². The molecular weight excluding hydrogens is 476 g/mol. The molecule has 1 atom stereocenters. The molecule has 1 saturated heterocycles. The Hall–Kier alpha value is -3.56. The minimum Gasteiger partial charge on any atom is -0.495 e. The average molecular weight is 507 g/mol. The summed E-state index contributed by atoms with van der Waals surface area (Å²) in [5.74, 6) is 0.547. The number of ether oxygens (including phenoxy) is 1. The minimum atomic E-state index is -3.93. The number of para-hydroxylation sites is 4. The highest BCUT2D eigenvalue weighted by atomic mass is 32.2. The van der Waals surface area contributed by atoms with Crippen LogP contribution in [0.5, 0.6) is 5.75 Å². The van der Waals surface area contributed by atoms with E-state index in [2.05, 4.69) is 21.2 Å². The van der Waals surface area contributed by atoms with E-state index in [-0.39, 0.29) is 10.8 Å². The Morgan fingerprint density at radius 2 is 1.50 bits per heavy atom. The number of benzene rings is 3. The lowest BCUT2D eigenvalue weighted by atomic mass is 10.1. The predicted octanol–water partition coefficient (Wildman–Crippen LogP) is 3.42. The summed E-state index contributed by atoms with van der Waals surface area (Å²) in [5, 5.41) is 2.91. The van der Waals surface area contributed by atoms with E-state index in [0.717, 1.165) is 37.6 Å². The Morgan fingerprint density at radius 3 is 2.22 bits per heavy atom. The van der Waals surface area contributed by atoms with Gasteiger partial charge in [-0.15, -0.1) is 0 Å². The minimum absolute atomic E-state index is 0.171. The second-order valence-electron chi connectivity index (χ2n) is 8.93. The molecule has 188 valence electrons. The first-order valence-electron chi connectivity index (χ1n) is 12.1. The van der Waals surface area contributed by atoms with Crippen molar-refractivity contribution in [3.63, 3.8) is 0 Å². The number of carbonyl (C=O) groups is 1. The van der Waals surface area contributed by atoms with Crippen LogP contribution in [-0.4, -0.2) is 65.1 Å². The molecule has 3 aromatic carbocycles. The summed E-state index contributed by atoms with van der Waals surface area (Å²) in [5.41, 5.74) is 2.07. The van der Waals surface area contributed by atoms with Crippen LogP contribution in [0.3, 0.4) is 0 Å². The predicted molar refractivity (Wildman–Crippen MR) is 141 cm³/mol. The summed E-state index contributed by atoms with van der Waals surface area (Å²) in [7, 11) is -2.25. The Bertz CT molecular complexity index is 1320. The standard InChI is InChI=1S/C27H30N4O4S/c1-35-26-14-8-7-13-24(26)30-19-17-29(18-20-30)16-15-25-27(32)28-22-11-5-6-12-23(22)31(25)36(33,34)21-9-3-2-4-10-21/h2-14,25H,15-20H2,1H3,(H,28,32). The van der Waals surface area contributed by atoms with Crippen LogP contribution in [0, 0.1) is 0 Å². The van der Waals surface area contributed by atoms with Gasteiger partial charge in [-0.3, -0.25) is 14.0 Å². The van der Waals surface area contributed by atoms with Gasteiger partial charge in [-0.25, -0.2) is 8.42 Å². The Balaban J connectivity index is 1.33. The van der Waals surface area contributed by atoms with Gasteiger partial charge >= 0.3 is 0 Å². The second kappa shape index (κ2) is 10.2. The molecule has 1 fully saturated rings. The van der Waals surface area contributed by atoms with Crippen LogP contribution in [0.2, 0.25) is 0 Å². The number of nitrogens with zero attached hydrogens (tertiary/aromatic N) is 3. The first kappa shape index (κ1) is 24.1. The number of fused-ring (bicyclic) bond motifs is 1. The zero-order chi connectivity index (χ0) is 25.1. The maximum atomic E-state index is 13.7. The Labute approximate surface area is 212 Å². The number of methoxy groups -OCH3 is 1. The molecule has 0 radical (unpaired) electrons. The topological polar surface area (TPSA) is 82.2 Å². The third-order valence-corrected chi connectivity index (χ3v) is 8.64. The lowest BCUT2D eigenvalue weighted by Crippen LogP contribution is -2.53. The number of anilines is 3. The summed E-state index contributed by atoms with van der Waals surface area (Å²) in [4.78, 5) is 17.9. The molecule has 1 unspecified atom stereocenters. The van der Waals surface area contributed by atoms with Gasteiger partial charge in [-0.05, 0) is 42.8 Å². The van der Waals surface area contributed by atoms with E-state index in [1.165, 1.54) is 4.31 Å². The van der Waals surface area contributed by atoms with Gasteiger partial charge in [0, 0.05) is 32.7 Å². The molecule has 0 bridgehead atoms. The van der Waals surface area contributed by atoms with Gasteiger partial charge in [0.2, 0.25) is 5.91 Å². The van der Waals surface area contributed by atoms with E-state index in [1.54, 1.807) is 61.7 Å². The maximum absolute atomic E-state index is 13.7. The van der Waals surface area contributed by atoms with Crippen molar-refractivity contribution >= 4 is 33.0 Å². The number of amides is 1. The molecule has 1 amide bonds. The van der Waals surface area contributed by atoms with Crippen LogP contribution in [-0.2, 0) is 14.8 Å². The highest BCUT2D eigenvalue weighted by molar-refractivity contribution is 7.93. The number of sulfonamides is 1. The van der Waals surface area contributed by atoms with E-state index in [9.17, 15) is 13.2 Å². The molecule has 2 aliphatic rings. The van der Waals surface area contributed by atoms with Crippen LogP contribution in [0.25, 0.3) is 0 Å². The first-order chi connectivity index (χ1) is 17.5. The molecule has 0 saturated carbocycles. The molecule has 0 aromatic heterocycles. The van der Waals surface area contributed by atoms with Crippen molar-refractivity contribution in [1.29, 1.82) is 0 Å². The fourth-order valence-electron chi connectivity index (χ4n) is 4.92. The molecule has 5 rings (SSSR count). The average Bonchev–Trinajstić information content (AvgIpc) is 2.92. The summed E-state index contributed by atoms with van der Waals surface area (Å²) >= 11 is 0. The fraction of sp³-hybridized carbons (Fsp3) is 0.296. The number of hydrogen-bond acceptors (Lipinski definition) is 6. The monoisotopic (exact) mass is 506 g/mol. The lowest BCUT2D eigenvalue weighted by molar-refractivity contribution is -0.117. The van der Waals surface area contributed by atoms with E-state index < -0.39 is 16.1 Å². The fourth-order valence-corrected chi connectivity index (χ4v) is 6.60. The van der Waals surface area contributed by atoms with Gasteiger partial charge in [0.15, 0.2) is 0 Å². The molecule has 2 heterocycles. The molecule has 2 aliphatic heterocycles. The Morgan fingerprint density at radius 1 is 0.861 bits per heavy atom. The first-order valence-corrected chi connectivity index (χ1v) is 13.5. The molecule has 36 heavy (non-hydrogen) atoms. The van der Waals surface area contributed by atoms with Gasteiger partial charge in [-0.1, -0.05) is 42.5 Å². The van der Waals surface area contributed by atoms with E-state index in [1.807, 2.05) is 18.2 Å². The molecule has 3 aromatic rings. The number of rotatable bonds is 7. The molecule has 9 heteroatoms. The summed E-state index contributed by atoms with van der Waals surface area (Å²) in [6.07, 6.45) is 0.390. The zero-order valence-corrected chi connectivity index (χ0v) is 21.0. The largest absolute Gasteiger partial charge is 0.495 e. The van der Waals surface area contributed by atoms with Crippen LogP contribution >= 0.6 is 0 Å². The van der Waals surface area contributed by atoms with Gasteiger partial charge in [-0.2, -0.15) is 0 Å². The SMILES string of the molecule is COc1ccccc1N1CCN(CCC2C(=O)Nc3ccccc3N2S(=O)(=O)c2ccccc2)CC1. The summed E-state index contributed by atoms with van der Waals surface area (Å²) in [6, 6.07) is 22.5. The quantitative estimate of drug-likeness (QED) is 0.529. The third kappa shape index (κ3) is 4.64. The third-order valence-electron chi connectivity index (χ3n) is 6.80. The van der Waals surface area contributed by atoms with Crippen molar-refractivity contribution < 1.29 is 17.9 Å². The van der Waals surface area contributed by atoms with Crippen molar-refractivity contribution in [2.24, 2.45) is 0 Å². The molecule has 8 nitrogen and oxygen atoms in total. The van der Waals surface area contributed by atoms with Crippen LogP contribution in [0.4, 0.5) is 17.1 Å². The van der Waals surface area contributed by atoms with Gasteiger partial charge < -0.3 is 15.0 Å². The molecular formula is C27H30N4O4S. The molecule has 0 spiro atoms. The van der Waals surface area contributed by atoms with Crippen molar-refractivity contribution in [2.45, 2.75) is 17.4 Å². The number of nitrogens with one attached hydrogen (secondary N) is 1. The number of piperazine rings is 1. The van der Waals surface area contributed by atoms with Crippen molar-refractivity contribution in [3.05, 3.63) is 78.9 Å². The van der Waals surface area contributed by atoms with E-state index in [0.29, 0.717) is 24.3 Å². The maximum Gasteiger partial charge on any atom is 0.265 e. The second-order valence-corrected chi connectivity index (χ2v) is 10.7. The van der Waals surface area contributed by atoms with Crippen LogP contribution in [0.15, 0.2) is 83.8 Å². The van der Waals surface area contributed by atoms with E-state index in [4.69, 9.17) is 4.74 Å². The van der Waals surface area contributed by atoms with Crippen molar-refractivity contribution in [3.8, 4) is 5.75 Å². The van der Waals surface area contributed by atoms with Gasteiger partial charge in [0.05, 0.1) is 29.1 Å². The highest BCUT2D eigenvalue weighted by Crippen LogP contribution is 2.37. The lowest BCUT2D eigenvalue weighted by Gasteiger charge is -2.40. The van der Waals surface area contributed by atoms with Crippen LogP contribution < -0.4 is 19.3 Å². The summed E-state index contributed by atoms with van der Waals surface area (Å²) in [6.45, 7) is 3.89. The summed E-state index contributed by atoms with van der Waals surface area (Å²) < 4.78 is 34.3. The van der Waals surface area contributed by atoms with Gasteiger partial charge in [0.1, 0.15) is 11.8 Å². The number of carbonyl (C=O) groups excluding carboxylic acids is 1. The highest BCUT2D eigenvalue weighted by Gasteiger charge is 2.40. The van der Waals surface area contributed by atoms with Crippen molar-refractivity contribution in [1.82, 2.24) is 4.90 Å². The smallest absolute Gasteiger partial charge is 0.265 e. The number of hydrogen-bond donors (Lipinski definition) is 1. The molecule has 1 N–H and O–H groups in total. The normalized spacial score (nSPS) is 18.5. The Kier molecular flexibility index (Phi) is 6.84. The van der Waals surface area contributed by atoms with Crippen molar-refractivity contribution in [2.75, 3.05) is 54.4 Å². The van der Waals surface area contributed by atoms with Gasteiger partial charge in [0.25, 0.3) is 10.0 Å². The van der Waals surface area contributed by atoms with Crippen LogP contribution in [0.1, 0.15) is 6.42 Å². The zero-order valence-electron chi connectivity index (χ0n) is 20.2.